The molecule has 0 aliphatic heterocycles. The molecule has 0 atom stereocenters. The molecule has 0 bridgehead atoms. The lowest BCUT2D eigenvalue weighted by molar-refractivity contribution is -0.114. The van der Waals surface area contributed by atoms with Gasteiger partial charge in [-0.1, -0.05) is 41.1 Å². The van der Waals surface area contributed by atoms with Crippen LogP contribution in [0, 0.1) is 0 Å². The standard InChI is InChI=1S/C24H22ClN3O4S2/c1-16(2)28-21-13-10-18(14-22(21)33-24(28)30)26-23(29)15-27(19-6-4-3-5-7-19)34(31,32)20-11-8-17(25)9-12-20/h3-14,16H,15H2,1-2H3,(H,26,29). The summed E-state index contributed by atoms with van der Waals surface area (Å²) in [7, 11) is -4.03. The molecule has 34 heavy (non-hydrogen) atoms. The van der Waals surface area contributed by atoms with Crippen molar-refractivity contribution in [3.05, 3.63) is 87.5 Å². The molecular formula is C24H22ClN3O4S2. The van der Waals surface area contributed by atoms with Crippen LogP contribution in [0.2, 0.25) is 5.02 Å². The molecule has 1 amide bonds. The first kappa shape index (κ1) is 24.0. The number of sulfonamides is 1. The number of rotatable bonds is 7. The van der Waals surface area contributed by atoms with Gasteiger partial charge >= 0.3 is 4.87 Å². The van der Waals surface area contributed by atoms with Crippen molar-refractivity contribution in [1.82, 2.24) is 4.57 Å². The quantitative estimate of drug-likeness (QED) is 0.369. The van der Waals surface area contributed by atoms with E-state index in [-0.39, 0.29) is 15.8 Å². The monoisotopic (exact) mass is 515 g/mol. The van der Waals surface area contributed by atoms with Gasteiger partial charge in [-0.2, -0.15) is 0 Å². The molecule has 1 N–H and O–H groups in total. The summed E-state index contributed by atoms with van der Waals surface area (Å²) in [6.07, 6.45) is 0. The van der Waals surface area contributed by atoms with E-state index in [0.717, 1.165) is 25.9 Å². The van der Waals surface area contributed by atoms with Gasteiger partial charge in [0.15, 0.2) is 0 Å². The Balaban J connectivity index is 1.63. The maximum Gasteiger partial charge on any atom is 0.308 e. The fraction of sp³-hybridized carbons (Fsp3) is 0.167. The third-order valence-electron chi connectivity index (χ3n) is 5.15. The van der Waals surface area contributed by atoms with Gasteiger partial charge in [-0.15, -0.1) is 0 Å². The van der Waals surface area contributed by atoms with E-state index in [9.17, 15) is 18.0 Å². The second kappa shape index (κ2) is 9.61. The zero-order chi connectivity index (χ0) is 24.5. The lowest BCUT2D eigenvalue weighted by atomic mass is 10.2. The number of aromatic nitrogens is 1. The number of hydrogen-bond donors (Lipinski definition) is 1. The maximum absolute atomic E-state index is 13.4. The fourth-order valence-electron chi connectivity index (χ4n) is 3.58. The van der Waals surface area contributed by atoms with Crippen LogP contribution in [0.1, 0.15) is 19.9 Å². The summed E-state index contributed by atoms with van der Waals surface area (Å²) < 4.78 is 30.2. The Morgan fingerprint density at radius 2 is 1.74 bits per heavy atom. The van der Waals surface area contributed by atoms with Crippen LogP contribution in [-0.4, -0.2) is 25.4 Å². The molecule has 3 aromatic carbocycles. The molecule has 4 aromatic rings. The van der Waals surface area contributed by atoms with Crippen LogP contribution >= 0.6 is 22.9 Å². The maximum atomic E-state index is 13.4. The Morgan fingerprint density at radius 1 is 1.06 bits per heavy atom. The lowest BCUT2D eigenvalue weighted by Gasteiger charge is -2.24. The zero-order valence-corrected chi connectivity index (χ0v) is 20.8. The number of hydrogen-bond acceptors (Lipinski definition) is 5. The van der Waals surface area contributed by atoms with E-state index in [1.165, 1.54) is 24.3 Å². The number of fused-ring (bicyclic) bond motifs is 1. The predicted molar refractivity (Wildman–Crippen MR) is 138 cm³/mol. The smallest absolute Gasteiger partial charge is 0.308 e. The number of carbonyl (C=O) groups is 1. The molecule has 0 unspecified atom stereocenters. The SMILES string of the molecule is CC(C)n1c(=O)sc2cc(NC(=O)CN(c3ccccc3)S(=O)(=O)c3ccc(Cl)cc3)ccc21. The highest BCUT2D eigenvalue weighted by atomic mass is 35.5. The highest BCUT2D eigenvalue weighted by molar-refractivity contribution is 7.92. The first-order valence-corrected chi connectivity index (χ1v) is 13.1. The van der Waals surface area contributed by atoms with E-state index in [2.05, 4.69) is 5.32 Å². The van der Waals surface area contributed by atoms with Gasteiger partial charge in [0, 0.05) is 16.8 Å². The van der Waals surface area contributed by atoms with Crippen molar-refractivity contribution in [2.75, 3.05) is 16.2 Å². The zero-order valence-electron chi connectivity index (χ0n) is 18.4. The summed E-state index contributed by atoms with van der Waals surface area (Å²) >= 11 is 7.01. The van der Waals surface area contributed by atoms with Gasteiger partial charge in [-0.3, -0.25) is 18.5 Å². The number of benzene rings is 3. The molecule has 0 radical (unpaired) electrons. The highest BCUT2D eigenvalue weighted by Gasteiger charge is 2.27. The Labute approximate surface area is 206 Å². The first-order valence-electron chi connectivity index (χ1n) is 10.4. The molecule has 0 aliphatic carbocycles. The van der Waals surface area contributed by atoms with Gasteiger partial charge in [-0.25, -0.2) is 8.42 Å². The van der Waals surface area contributed by atoms with Crippen LogP contribution in [0.25, 0.3) is 10.2 Å². The van der Waals surface area contributed by atoms with Gasteiger partial charge in [0.2, 0.25) is 5.91 Å². The number of thiazole rings is 1. The lowest BCUT2D eigenvalue weighted by Crippen LogP contribution is -2.38. The van der Waals surface area contributed by atoms with Gasteiger partial charge < -0.3 is 5.32 Å². The van der Waals surface area contributed by atoms with E-state index in [1.807, 2.05) is 13.8 Å². The molecule has 0 spiro atoms. The summed E-state index contributed by atoms with van der Waals surface area (Å²) in [6.45, 7) is 3.43. The van der Waals surface area contributed by atoms with Crippen molar-refractivity contribution in [3.8, 4) is 0 Å². The van der Waals surface area contributed by atoms with E-state index >= 15 is 0 Å². The number of amides is 1. The predicted octanol–water partition coefficient (Wildman–Crippen LogP) is 5.13. The van der Waals surface area contributed by atoms with Gasteiger partial charge in [0.05, 0.1) is 20.8 Å². The largest absolute Gasteiger partial charge is 0.324 e. The molecule has 1 heterocycles. The van der Waals surface area contributed by atoms with Crippen molar-refractivity contribution in [2.45, 2.75) is 24.8 Å². The first-order chi connectivity index (χ1) is 16.2. The molecule has 176 valence electrons. The van der Waals surface area contributed by atoms with Gasteiger partial charge in [0.25, 0.3) is 10.0 Å². The molecule has 7 nitrogen and oxygen atoms in total. The number of carbonyl (C=O) groups excluding carboxylic acids is 1. The van der Waals surface area contributed by atoms with Gasteiger partial charge in [-0.05, 0) is 68.4 Å². The minimum absolute atomic E-state index is 0.0131. The molecule has 10 heteroatoms. The number of nitrogens with zero attached hydrogens (tertiary/aromatic N) is 2. The molecule has 1 aromatic heterocycles. The van der Waals surface area contributed by atoms with Gasteiger partial charge in [0.1, 0.15) is 6.54 Å². The van der Waals surface area contributed by atoms with Crippen molar-refractivity contribution in [2.24, 2.45) is 0 Å². The Hall–Kier alpha value is -3.14. The molecule has 0 fully saturated rings. The van der Waals surface area contributed by atoms with Crippen LogP contribution in [0.15, 0.2) is 82.5 Å². The highest BCUT2D eigenvalue weighted by Crippen LogP contribution is 2.26. The van der Waals surface area contributed by atoms with E-state index in [0.29, 0.717) is 16.4 Å². The third-order valence-corrected chi connectivity index (χ3v) is 8.10. The summed E-state index contributed by atoms with van der Waals surface area (Å²) in [5.74, 6) is -0.517. The number of anilines is 2. The topological polar surface area (TPSA) is 88.5 Å². The van der Waals surface area contributed by atoms with Crippen molar-refractivity contribution >= 4 is 60.5 Å². The Bertz CT molecular complexity index is 1500. The minimum Gasteiger partial charge on any atom is -0.324 e. The summed E-state index contributed by atoms with van der Waals surface area (Å²) in [6, 6.07) is 19.4. The van der Waals surface area contributed by atoms with Crippen LogP contribution in [0.4, 0.5) is 11.4 Å². The number of halogens is 1. The van der Waals surface area contributed by atoms with E-state index < -0.39 is 22.5 Å². The average Bonchev–Trinajstić information content (AvgIpc) is 3.13. The Morgan fingerprint density at radius 3 is 2.38 bits per heavy atom. The number of nitrogens with one attached hydrogen (secondary N) is 1. The van der Waals surface area contributed by atoms with Crippen molar-refractivity contribution < 1.29 is 13.2 Å². The van der Waals surface area contributed by atoms with Crippen LogP contribution in [0.3, 0.4) is 0 Å². The van der Waals surface area contributed by atoms with E-state index in [4.69, 9.17) is 11.6 Å². The second-order valence-electron chi connectivity index (χ2n) is 7.86. The molecule has 4 rings (SSSR count). The van der Waals surface area contributed by atoms with Crippen LogP contribution < -0.4 is 14.5 Å². The molecular weight excluding hydrogens is 494 g/mol. The normalized spacial score (nSPS) is 11.6. The fourth-order valence-corrected chi connectivity index (χ4v) is 6.18. The number of para-hydroxylation sites is 1. The average molecular weight is 516 g/mol. The van der Waals surface area contributed by atoms with Crippen LogP contribution in [0.5, 0.6) is 0 Å². The summed E-state index contributed by atoms with van der Waals surface area (Å²) in [5, 5.41) is 3.16. The second-order valence-corrected chi connectivity index (χ2v) is 11.2. The molecule has 0 aliphatic rings. The van der Waals surface area contributed by atoms with Crippen molar-refractivity contribution in [3.63, 3.8) is 0 Å². The third kappa shape index (κ3) is 4.86. The van der Waals surface area contributed by atoms with Crippen molar-refractivity contribution in [1.29, 1.82) is 0 Å². The summed E-state index contributed by atoms with van der Waals surface area (Å²) in [5.41, 5.74) is 1.63. The van der Waals surface area contributed by atoms with Crippen LogP contribution in [-0.2, 0) is 14.8 Å². The molecule has 0 saturated carbocycles. The Kier molecular flexibility index (Phi) is 6.79. The minimum atomic E-state index is -4.03. The van der Waals surface area contributed by atoms with E-state index in [1.54, 1.807) is 53.1 Å². The summed E-state index contributed by atoms with van der Waals surface area (Å²) in [4.78, 5) is 25.2. The molecule has 0 saturated heterocycles.